The lowest BCUT2D eigenvalue weighted by Gasteiger charge is -2.16. The van der Waals surface area contributed by atoms with Crippen molar-refractivity contribution in [2.75, 3.05) is 5.32 Å². The SMILES string of the molecule is C[C@@H](NC(=O)c1ccccc1)c1nc2ccccc2n1CC(=O)Nc1ccc(OC(F)F)c(Cl)c1. The van der Waals surface area contributed by atoms with Gasteiger partial charge in [-0.25, -0.2) is 4.98 Å². The summed E-state index contributed by atoms with van der Waals surface area (Å²) in [4.78, 5) is 30.2. The Morgan fingerprint density at radius 2 is 1.77 bits per heavy atom. The summed E-state index contributed by atoms with van der Waals surface area (Å²) < 4.78 is 30.9. The van der Waals surface area contributed by atoms with Crippen molar-refractivity contribution >= 4 is 40.1 Å². The maximum atomic E-state index is 12.9. The number of rotatable bonds is 8. The molecule has 1 atom stereocenters. The van der Waals surface area contributed by atoms with Crippen molar-refractivity contribution in [1.82, 2.24) is 14.9 Å². The Balaban J connectivity index is 1.54. The van der Waals surface area contributed by atoms with Gasteiger partial charge in [-0.2, -0.15) is 8.78 Å². The number of nitrogens with one attached hydrogen (secondary N) is 2. The van der Waals surface area contributed by atoms with Gasteiger partial charge in [0.2, 0.25) is 5.91 Å². The normalized spacial score (nSPS) is 11.9. The third kappa shape index (κ3) is 5.75. The van der Waals surface area contributed by atoms with E-state index in [1.54, 1.807) is 35.8 Å². The first-order chi connectivity index (χ1) is 16.8. The maximum absolute atomic E-state index is 12.9. The zero-order chi connectivity index (χ0) is 24.9. The van der Waals surface area contributed by atoms with Crippen molar-refractivity contribution in [3.63, 3.8) is 0 Å². The molecule has 3 aromatic carbocycles. The van der Waals surface area contributed by atoms with Crippen LogP contribution in [0.25, 0.3) is 11.0 Å². The number of benzene rings is 3. The number of anilines is 1. The minimum atomic E-state index is -3.01. The Bertz CT molecular complexity index is 1360. The molecule has 2 amide bonds. The van der Waals surface area contributed by atoms with Gasteiger partial charge in [-0.05, 0) is 49.4 Å². The monoisotopic (exact) mass is 498 g/mol. The molecule has 35 heavy (non-hydrogen) atoms. The quantitative estimate of drug-likeness (QED) is 0.339. The number of nitrogens with zero attached hydrogens (tertiary/aromatic N) is 2. The third-order valence-corrected chi connectivity index (χ3v) is 5.48. The highest BCUT2D eigenvalue weighted by atomic mass is 35.5. The van der Waals surface area contributed by atoms with Gasteiger partial charge in [0.05, 0.1) is 22.1 Å². The highest BCUT2D eigenvalue weighted by molar-refractivity contribution is 6.32. The van der Waals surface area contributed by atoms with Gasteiger partial charge in [-0.3, -0.25) is 9.59 Å². The summed E-state index contributed by atoms with van der Waals surface area (Å²) >= 11 is 5.98. The summed E-state index contributed by atoms with van der Waals surface area (Å²) in [6.45, 7) is -1.32. The first-order valence-electron chi connectivity index (χ1n) is 10.7. The number of carbonyl (C=O) groups excluding carboxylic acids is 2. The van der Waals surface area contributed by atoms with E-state index in [-0.39, 0.29) is 23.2 Å². The first kappa shape index (κ1) is 24.2. The Morgan fingerprint density at radius 1 is 1.06 bits per heavy atom. The van der Waals surface area contributed by atoms with Gasteiger partial charge < -0.3 is 19.9 Å². The number of halogens is 3. The molecule has 180 valence electrons. The van der Waals surface area contributed by atoms with E-state index in [1.165, 1.54) is 18.2 Å². The molecule has 0 saturated heterocycles. The molecule has 4 rings (SSSR count). The molecular weight excluding hydrogens is 478 g/mol. The van der Waals surface area contributed by atoms with Crippen molar-refractivity contribution in [3.05, 3.63) is 89.2 Å². The number of fused-ring (bicyclic) bond motifs is 1. The molecule has 1 aromatic heterocycles. The Morgan fingerprint density at radius 3 is 2.49 bits per heavy atom. The fourth-order valence-corrected chi connectivity index (χ4v) is 3.86. The number of hydrogen-bond donors (Lipinski definition) is 2. The van der Waals surface area contributed by atoms with Gasteiger partial charge >= 0.3 is 6.61 Å². The van der Waals surface area contributed by atoms with E-state index in [9.17, 15) is 18.4 Å². The molecule has 0 aliphatic heterocycles. The van der Waals surface area contributed by atoms with E-state index < -0.39 is 18.6 Å². The highest BCUT2D eigenvalue weighted by Crippen LogP contribution is 2.29. The summed E-state index contributed by atoms with van der Waals surface area (Å²) in [5.41, 5.74) is 2.22. The first-order valence-corrected chi connectivity index (χ1v) is 11.0. The van der Waals surface area contributed by atoms with Crippen molar-refractivity contribution in [1.29, 1.82) is 0 Å². The summed E-state index contributed by atoms with van der Waals surface area (Å²) in [5, 5.41) is 5.56. The number of alkyl halides is 2. The Labute approximate surface area is 204 Å². The number of ether oxygens (including phenoxy) is 1. The molecule has 2 N–H and O–H groups in total. The van der Waals surface area contributed by atoms with Crippen LogP contribution >= 0.6 is 11.6 Å². The fourth-order valence-electron chi connectivity index (χ4n) is 3.64. The molecule has 1 heterocycles. The van der Waals surface area contributed by atoms with E-state index >= 15 is 0 Å². The van der Waals surface area contributed by atoms with Crippen LogP contribution in [0.2, 0.25) is 5.02 Å². The van der Waals surface area contributed by atoms with Crippen LogP contribution in [0.3, 0.4) is 0 Å². The summed E-state index contributed by atoms with van der Waals surface area (Å²) in [6.07, 6.45) is 0. The summed E-state index contributed by atoms with van der Waals surface area (Å²) in [7, 11) is 0. The van der Waals surface area contributed by atoms with Gasteiger partial charge in [0, 0.05) is 11.3 Å². The smallest absolute Gasteiger partial charge is 0.387 e. The highest BCUT2D eigenvalue weighted by Gasteiger charge is 2.21. The van der Waals surface area contributed by atoms with Crippen LogP contribution in [0.5, 0.6) is 5.75 Å². The van der Waals surface area contributed by atoms with Gasteiger partial charge in [-0.1, -0.05) is 41.9 Å². The number of hydrogen-bond acceptors (Lipinski definition) is 4. The lowest BCUT2D eigenvalue weighted by Crippen LogP contribution is -2.30. The standard InChI is InChI=1S/C25H21ClF2N4O3/c1-15(29-24(34)16-7-3-2-4-8-16)23-31-19-9-5-6-10-20(19)32(23)14-22(33)30-17-11-12-21(18(26)13-17)35-25(27)28/h2-13,15,25H,14H2,1H3,(H,29,34)(H,30,33)/t15-/m1/s1. The molecule has 7 nitrogen and oxygen atoms in total. The molecule has 0 unspecified atom stereocenters. The Hall–Kier alpha value is -3.98. The van der Waals surface area contributed by atoms with E-state index in [4.69, 9.17) is 11.6 Å². The van der Waals surface area contributed by atoms with Crippen LogP contribution < -0.4 is 15.4 Å². The predicted molar refractivity (Wildman–Crippen MR) is 129 cm³/mol. The molecule has 0 aliphatic rings. The number of carbonyl (C=O) groups is 2. The minimum absolute atomic E-state index is 0.0610. The van der Waals surface area contributed by atoms with Crippen LogP contribution in [0.4, 0.5) is 14.5 Å². The number of imidazole rings is 1. The molecule has 0 saturated carbocycles. The number of aromatic nitrogens is 2. The zero-order valence-corrected chi connectivity index (χ0v) is 19.3. The molecule has 4 aromatic rings. The maximum Gasteiger partial charge on any atom is 0.387 e. The average Bonchev–Trinajstić information content (AvgIpc) is 3.19. The van der Waals surface area contributed by atoms with E-state index in [0.717, 1.165) is 5.52 Å². The van der Waals surface area contributed by atoms with Crippen molar-refractivity contribution in [3.8, 4) is 5.75 Å². The minimum Gasteiger partial charge on any atom is -0.433 e. The second-order valence-electron chi connectivity index (χ2n) is 7.68. The fraction of sp³-hybridized carbons (Fsp3) is 0.160. The zero-order valence-electron chi connectivity index (χ0n) is 18.5. The topological polar surface area (TPSA) is 85.2 Å². The summed E-state index contributed by atoms with van der Waals surface area (Å²) in [6, 6.07) is 19.6. The van der Waals surface area contributed by atoms with Crippen LogP contribution in [0.1, 0.15) is 29.1 Å². The van der Waals surface area contributed by atoms with Crippen molar-refractivity contribution < 1.29 is 23.1 Å². The Kier molecular flexibility index (Phi) is 7.26. The lowest BCUT2D eigenvalue weighted by atomic mass is 10.2. The van der Waals surface area contributed by atoms with Gasteiger partial charge in [0.1, 0.15) is 18.1 Å². The molecule has 0 radical (unpaired) electrons. The second kappa shape index (κ2) is 10.5. The summed E-state index contributed by atoms with van der Waals surface area (Å²) in [5.74, 6) is -0.341. The average molecular weight is 499 g/mol. The molecule has 10 heteroatoms. The van der Waals surface area contributed by atoms with Gasteiger partial charge in [0.15, 0.2) is 0 Å². The third-order valence-electron chi connectivity index (χ3n) is 5.19. The molecule has 0 fully saturated rings. The van der Waals surface area contributed by atoms with Crippen LogP contribution in [0.15, 0.2) is 72.8 Å². The number of amides is 2. The van der Waals surface area contributed by atoms with E-state index in [0.29, 0.717) is 22.6 Å². The largest absolute Gasteiger partial charge is 0.433 e. The van der Waals surface area contributed by atoms with Crippen molar-refractivity contribution in [2.45, 2.75) is 26.1 Å². The van der Waals surface area contributed by atoms with E-state index in [1.807, 2.05) is 30.3 Å². The van der Waals surface area contributed by atoms with Gasteiger partial charge in [-0.15, -0.1) is 0 Å². The predicted octanol–water partition coefficient (Wildman–Crippen LogP) is 5.42. The van der Waals surface area contributed by atoms with Crippen molar-refractivity contribution in [2.24, 2.45) is 0 Å². The van der Waals surface area contributed by atoms with Crippen LogP contribution in [0, 0.1) is 0 Å². The van der Waals surface area contributed by atoms with Gasteiger partial charge in [0.25, 0.3) is 5.91 Å². The second-order valence-corrected chi connectivity index (χ2v) is 8.09. The van der Waals surface area contributed by atoms with E-state index in [2.05, 4.69) is 20.4 Å². The molecule has 0 spiro atoms. The lowest BCUT2D eigenvalue weighted by molar-refractivity contribution is -0.116. The van der Waals surface area contributed by atoms with Crippen LogP contribution in [-0.4, -0.2) is 28.0 Å². The number of para-hydroxylation sites is 2. The molecule has 0 bridgehead atoms. The van der Waals surface area contributed by atoms with Crippen LogP contribution in [-0.2, 0) is 11.3 Å². The molecule has 0 aliphatic carbocycles. The molecular formula is C25H21ClF2N4O3.